The number of benzene rings is 1. The zero-order valence-electron chi connectivity index (χ0n) is 17.4. The average molecular weight is 428 g/mol. The minimum absolute atomic E-state index is 0.0289. The van der Waals surface area contributed by atoms with Gasteiger partial charge in [-0.2, -0.15) is 0 Å². The number of hydrogen-bond acceptors (Lipinski definition) is 6. The predicted molar refractivity (Wildman–Crippen MR) is 108 cm³/mol. The number of nitrogens with one attached hydrogen (secondary N) is 2. The van der Waals surface area contributed by atoms with Crippen LogP contribution in [0.25, 0.3) is 0 Å². The molecule has 29 heavy (non-hydrogen) atoms. The van der Waals surface area contributed by atoms with Gasteiger partial charge in [0.1, 0.15) is 6.04 Å². The highest BCUT2D eigenvalue weighted by molar-refractivity contribution is 7.89. The van der Waals surface area contributed by atoms with Crippen LogP contribution in [0.1, 0.15) is 37.6 Å². The molecule has 1 rings (SSSR count). The number of nitrogens with zero attached hydrogens (tertiary/aromatic N) is 1. The molecule has 0 aliphatic carbocycles. The molecule has 2 amide bonds. The van der Waals surface area contributed by atoms with Gasteiger partial charge in [-0.05, 0) is 31.0 Å². The third kappa shape index (κ3) is 6.82. The third-order valence-corrected chi connectivity index (χ3v) is 6.17. The average Bonchev–Trinajstić information content (AvgIpc) is 2.69. The van der Waals surface area contributed by atoms with Gasteiger partial charge in [0.25, 0.3) is 5.91 Å². The summed E-state index contributed by atoms with van der Waals surface area (Å²) in [6.45, 7) is 5.22. The zero-order chi connectivity index (χ0) is 22.2. The Balaban J connectivity index is 2.79. The molecule has 0 fully saturated rings. The van der Waals surface area contributed by atoms with Crippen LogP contribution in [-0.4, -0.2) is 63.8 Å². The first-order valence-corrected chi connectivity index (χ1v) is 10.7. The Morgan fingerprint density at radius 1 is 1.17 bits per heavy atom. The number of ether oxygens (including phenoxy) is 1. The molecule has 0 spiro atoms. The maximum atomic E-state index is 12.3. The molecule has 0 aliphatic heterocycles. The second-order valence-corrected chi connectivity index (χ2v) is 8.83. The van der Waals surface area contributed by atoms with Crippen LogP contribution in [0, 0.1) is 5.92 Å². The zero-order valence-corrected chi connectivity index (χ0v) is 18.2. The van der Waals surface area contributed by atoms with Crippen molar-refractivity contribution in [3.63, 3.8) is 0 Å². The van der Waals surface area contributed by atoms with Crippen molar-refractivity contribution in [1.29, 1.82) is 0 Å². The van der Waals surface area contributed by atoms with Crippen LogP contribution in [0.2, 0.25) is 0 Å². The lowest BCUT2D eigenvalue weighted by atomic mass is 9.99. The van der Waals surface area contributed by atoms with E-state index in [0.29, 0.717) is 6.42 Å². The molecule has 0 unspecified atom stereocenters. The Morgan fingerprint density at radius 3 is 2.38 bits per heavy atom. The van der Waals surface area contributed by atoms with Crippen LogP contribution >= 0.6 is 0 Å². The fourth-order valence-electron chi connectivity index (χ4n) is 2.40. The normalized spacial score (nSPS) is 13.4. The molecule has 0 bridgehead atoms. The van der Waals surface area contributed by atoms with Gasteiger partial charge < -0.3 is 15.4 Å². The Hall–Kier alpha value is -2.46. The van der Waals surface area contributed by atoms with E-state index >= 15 is 0 Å². The molecule has 0 aromatic heterocycles. The molecule has 9 nitrogen and oxygen atoms in total. The fourth-order valence-corrected chi connectivity index (χ4v) is 3.35. The fraction of sp³-hybridized carbons (Fsp3) is 0.526. The predicted octanol–water partition coefficient (Wildman–Crippen LogP) is 0.761. The first kappa shape index (κ1) is 24.6. The first-order valence-electron chi connectivity index (χ1n) is 9.31. The summed E-state index contributed by atoms with van der Waals surface area (Å²) in [6, 6.07) is 4.71. The SMILES string of the molecule is CCOC(=O)[C@@H](NC(=O)CNC(=O)c1cccc(S(=O)(=O)N(C)C)c1)[C@@H](C)CC. The van der Waals surface area contributed by atoms with Crippen molar-refractivity contribution < 1.29 is 27.5 Å². The summed E-state index contributed by atoms with van der Waals surface area (Å²) >= 11 is 0. The maximum absolute atomic E-state index is 12.3. The lowest BCUT2D eigenvalue weighted by Crippen LogP contribution is -2.49. The minimum Gasteiger partial charge on any atom is -0.464 e. The van der Waals surface area contributed by atoms with Crippen molar-refractivity contribution in [2.45, 2.75) is 38.1 Å². The molecule has 10 heteroatoms. The molecule has 0 saturated heterocycles. The molecule has 0 saturated carbocycles. The lowest BCUT2D eigenvalue weighted by Gasteiger charge is -2.22. The van der Waals surface area contributed by atoms with Crippen LogP contribution in [0.4, 0.5) is 0 Å². The van der Waals surface area contributed by atoms with Gasteiger partial charge in [-0.25, -0.2) is 17.5 Å². The summed E-state index contributed by atoms with van der Waals surface area (Å²) < 4.78 is 30.4. The van der Waals surface area contributed by atoms with Crippen LogP contribution in [0.5, 0.6) is 0 Å². The van der Waals surface area contributed by atoms with Gasteiger partial charge in [-0.3, -0.25) is 9.59 Å². The summed E-state index contributed by atoms with van der Waals surface area (Å²) in [7, 11) is -0.900. The number of carbonyl (C=O) groups excluding carboxylic acids is 3. The highest BCUT2D eigenvalue weighted by atomic mass is 32.2. The highest BCUT2D eigenvalue weighted by Gasteiger charge is 2.27. The summed E-state index contributed by atoms with van der Waals surface area (Å²) in [5, 5.41) is 5.01. The Labute approximate surface area is 171 Å². The van der Waals surface area contributed by atoms with Gasteiger partial charge in [0, 0.05) is 19.7 Å². The third-order valence-electron chi connectivity index (χ3n) is 4.35. The monoisotopic (exact) mass is 427 g/mol. The maximum Gasteiger partial charge on any atom is 0.328 e. The number of esters is 1. The van der Waals surface area contributed by atoms with Crippen molar-refractivity contribution >= 4 is 27.8 Å². The van der Waals surface area contributed by atoms with Crippen LogP contribution in [0.3, 0.4) is 0 Å². The molecule has 2 N–H and O–H groups in total. The van der Waals surface area contributed by atoms with Crippen LogP contribution in [0.15, 0.2) is 29.2 Å². The molecule has 1 aromatic rings. The van der Waals surface area contributed by atoms with E-state index in [1.54, 1.807) is 6.92 Å². The first-order chi connectivity index (χ1) is 13.5. The minimum atomic E-state index is -3.68. The van der Waals surface area contributed by atoms with E-state index in [-0.39, 0.29) is 29.5 Å². The second kappa shape index (κ2) is 10.9. The van der Waals surface area contributed by atoms with E-state index in [2.05, 4.69) is 10.6 Å². The standard InChI is InChI=1S/C19H29N3O6S/c1-6-13(3)17(19(25)28-7-2)21-16(23)12-20-18(24)14-9-8-10-15(11-14)29(26,27)22(4)5/h8-11,13,17H,6-7,12H2,1-5H3,(H,20,24)(H,21,23)/t13-,17-/m0/s1. The van der Waals surface area contributed by atoms with Gasteiger partial charge in [0.15, 0.2) is 0 Å². The van der Waals surface area contributed by atoms with Gasteiger partial charge in [0.05, 0.1) is 18.0 Å². The van der Waals surface area contributed by atoms with Crippen LogP contribution < -0.4 is 10.6 Å². The van der Waals surface area contributed by atoms with Crippen molar-refractivity contribution in [2.24, 2.45) is 5.92 Å². The smallest absolute Gasteiger partial charge is 0.328 e. The molecular formula is C19H29N3O6S. The van der Waals surface area contributed by atoms with Gasteiger partial charge in [-0.15, -0.1) is 0 Å². The highest BCUT2D eigenvalue weighted by Crippen LogP contribution is 2.15. The topological polar surface area (TPSA) is 122 Å². The van der Waals surface area contributed by atoms with Crippen molar-refractivity contribution in [3.8, 4) is 0 Å². The lowest BCUT2D eigenvalue weighted by molar-refractivity contribution is -0.148. The van der Waals surface area contributed by atoms with E-state index in [1.807, 2.05) is 13.8 Å². The molecule has 1 aromatic carbocycles. The van der Waals surface area contributed by atoms with E-state index in [1.165, 1.54) is 38.4 Å². The summed E-state index contributed by atoms with van der Waals surface area (Å²) in [5.74, 6) is -1.81. The molecular weight excluding hydrogens is 398 g/mol. The molecule has 0 radical (unpaired) electrons. The van der Waals surface area contributed by atoms with Gasteiger partial charge in [-0.1, -0.05) is 26.3 Å². The van der Waals surface area contributed by atoms with E-state index in [0.717, 1.165) is 4.31 Å². The van der Waals surface area contributed by atoms with E-state index < -0.39 is 33.8 Å². The molecule has 0 heterocycles. The number of carbonyl (C=O) groups is 3. The Kier molecular flexibility index (Phi) is 9.25. The van der Waals surface area contributed by atoms with Crippen molar-refractivity contribution in [3.05, 3.63) is 29.8 Å². The van der Waals surface area contributed by atoms with Gasteiger partial charge in [0.2, 0.25) is 15.9 Å². The quantitative estimate of drug-likeness (QED) is 0.532. The Bertz CT molecular complexity index is 838. The molecule has 2 atom stereocenters. The van der Waals surface area contributed by atoms with Crippen LogP contribution in [-0.2, 0) is 24.3 Å². The number of rotatable bonds is 10. The largest absolute Gasteiger partial charge is 0.464 e. The Morgan fingerprint density at radius 2 is 1.83 bits per heavy atom. The molecule has 0 aliphatic rings. The summed E-state index contributed by atoms with van der Waals surface area (Å²) in [4.78, 5) is 36.5. The van der Waals surface area contributed by atoms with E-state index in [9.17, 15) is 22.8 Å². The van der Waals surface area contributed by atoms with E-state index in [4.69, 9.17) is 4.74 Å². The van der Waals surface area contributed by atoms with Gasteiger partial charge >= 0.3 is 5.97 Å². The summed E-state index contributed by atoms with van der Waals surface area (Å²) in [6.07, 6.45) is 0.656. The summed E-state index contributed by atoms with van der Waals surface area (Å²) in [5.41, 5.74) is 0.101. The van der Waals surface area contributed by atoms with Crippen molar-refractivity contribution in [1.82, 2.24) is 14.9 Å². The second-order valence-electron chi connectivity index (χ2n) is 6.68. The number of amides is 2. The number of hydrogen-bond donors (Lipinski definition) is 2. The number of sulfonamides is 1. The van der Waals surface area contributed by atoms with Crippen molar-refractivity contribution in [2.75, 3.05) is 27.2 Å². The molecule has 162 valence electrons.